The summed E-state index contributed by atoms with van der Waals surface area (Å²) in [6.07, 6.45) is 1.73. The standard InChI is InChI=1S/C15H20N2O3/c16-13(12-5-2-1-3-6-12)14(18)17-8-4-7-15(11-17)19-9-10-20-15/h1-3,5-6,13H,4,7-11,16H2/t13-/m0/s1. The molecular weight excluding hydrogens is 256 g/mol. The second kappa shape index (κ2) is 5.52. The van der Waals surface area contributed by atoms with Gasteiger partial charge in [0.15, 0.2) is 5.79 Å². The van der Waals surface area contributed by atoms with Gasteiger partial charge in [-0.3, -0.25) is 4.79 Å². The van der Waals surface area contributed by atoms with E-state index in [2.05, 4.69) is 0 Å². The Balaban J connectivity index is 1.70. The van der Waals surface area contributed by atoms with E-state index in [1.165, 1.54) is 0 Å². The molecule has 2 fully saturated rings. The van der Waals surface area contributed by atoms with E-state index in [4.69, 9.17) is 15.2 Å². The number of hydrogen-bond donors (Lipinski definition) is 1. The normalized spacial score (nSPS) is 22.9. The van der Waals surface area contributed by atoms with Gasteiger partial charge in [0.2, 0.25) is 5.91 Å². The van der Waals surface area contributed by atoms with Crippen molar-refractivity contribution in [1.29, 1.82) is 0 Å². The lowest BCUT2D eigenvalue weighted by Gasteiger charge is -2.39. The molecule has 1 atom stereocenters. The number of amides is 1. The van der Waals surface area contributed by atoms with Crippen LogP contribution in [0.3, 0.4) is 0 Å². The van der Waals surface area contributed by atoms with Gasteiger partial charge in [0, 0.05) is 13.0 Å². The monoisotopic (exact) mass is 276 g/mol. The molecule has 0 bridgehead atoms. The van der Waals surface area contributed by atoms with E-state index >= 15 is 0 Å². The summed E-state index contributed by atoms with van der Waals surface area (Å²) in [6.45, 7) is 2.40. The molecule has 0 unspecified atom stereocenters. The first-order valence-electron chi connectivity index (χ1n) is 7.07. The fourth-order valence-corrected chi connectivity index (χ4v) is 2.91. The van der Waals surface area contributed by atoms with Gasteiger partial charge in [-0.2, -0.15) is 0 Å². The van der Waals surface area contributed by atoms with Crippen molar-refractivity contribution in [3.8, 4) is 0 Å². The van der Waals surface area contributed by atoms with Crippen LogP contribution in [0.2, 0.25) is 0 Å². The van der Waals surface area contributed by atoms with Gasteiger partial charge < -0.3 is 20.1 Å². The summed E-state index contributed by atoms with van der Waals surface area (Å²) < 4.78 is 11.4. The number of carbonyl (C=O) groups is 1. The molecule has 5 heteroatoms. The van der Waals surface area contributed by atoms with E-state index in [9.17, 15) is 4.79 Å². The molecule has 5 nitrogen and oxygen atoms in total. The lowest BCUT2D eigenvalue weighted by molar-refractivity contribution is -0.193. The fraction of sp³-hybridized carbons (Fsp3) is 0.533. The lowest BCUT2D eigenvalue weighted by Crippen LogP contribution is -2.53. The number of nitrogens with zero attached hydrogens (tertiary/aromatic N) is 1. The van der Waals surface area contributed by atoms with Gasteiger partial charge in [-0.15, -0.1) is 0 Å². The third-order valence-corrected chi connectivity index (χ3v) is 3.97. The number of nitrogens with two attached hydrogens (primary N) is 1. The van der Waals surface area contributed by atoms with Crippen LogP contribution in [0.1, 0.15) is 24.4 Å². The van der Waals surface area contributed by atoms with Crippen LogP contribution >= 0.6 is 0 Å². The van der Waals surface area contributed by atoms with Crippen LogP contribution in [0.15, 0.2) is 30.3 Å². The zero-order valence-electron chi connectivity index (χ0n) is 11.5. The second-order valence-corrected chi connectivity index (χ2v) is 5.36. The molecule has 0 radical (unpaired) electrons. The molecule has 0 aliphatic carbocycles. The topological polar surface area (TPSA) is 64.8 Å². The van der Waals surface area contributed by atoms with Crippen LogP contribution in [-0.2, 0) is 14.3 Å². The average Bonchev–Trinajstić information content (AvgIpc) is 2.94. The first kappa shape index (κ1) is 13.5. The molecule has 2 aliphatic heterocycles. The van der Waals surface area contributed by atoms with E-state index in [0.29, 0.717) is 26.3 Å². The number of piperidine rings is 1. The molecule has 1 amide bonds. The Morgan fingerprint density at radius 2 is 1.95 bits per heavy atom. The van der Waals surface area contributed by atoms with Crippen LogP contribution in [0, 0.1) is 0 Å². The SMILES string of the molecule is N[C@H](C(=O)N1CCCC2(C1)OCCO2)c1ccccc1. The molecule has 1 aromatic rings. The Kier molecular flexibility index (Phi) is 3.74. The number of benzene rings is 1. The van der Waals surface area contributed by atoms with Gasteiger partial charge in [0.05, 0.1) is 19.8 Å². The number of carbonyl (C=O) groups excluding carboxylic acids is 1. The maximum Gasteiger partial charge on any atom is 0.244 e. The highest BCUT2D eigenvalue weighted by Gasteiger charge is 2.42. The van der Waals surface area contributed by atoms with E-state index < -0.39 is 11.8 Å². The summed E-state index contributed by atoms with van der Waals surface area (Å²) >= 11 is 0. The zero-order chi connectivity index (χ0) is 14.0. The Hall–Kier alpha value is -1.43. The van der Waals surface area contributed by atoms with Crippen molar-refractivity contribution in [2.45, 2.75) is 24.7 Å². The van der Waals surface area contributed by atoms with Crippen LogP contribution in [0.4, 0.5) is 0 Å². The molecule has 108 valence electrons. The molecule has 0 saturated carbocycles. The Bertz CT molecular complexity index is 471. The van der Waals surface area contributed by atoms with E-state index in [1.54, 1.807) is 4.90 Å². The summed E-state index contributed by atoms with van der Waals surface area (Å²) in [5.74, 6) is -0.654. The highest BCUT2D eigenvalue weighted by atomic mass is 16.7. The van der Waals surface area contributed by atoms with Crippen molar-refractivity contribution in [2.75, 3.05) is 26.3 Å². The van der Waals surface area contributed by atoms with Crippen LogP contribution in [0.25, 0.3) is 0 Å². The molecule has 20 heavy (non-hydrogen) atoms. The fourth-order valence-electron chi connectivity index (χ4n) is 2.91. The minimum atomic E-state index is -0.618. The molecular formula is C15H20N2O3. The highest BCUT2D eigenvalue weighted by molar-refractivity contribution is 5.83. The summed E-state index contributed by atoms with van der Waals surface area (Å²) in [7, 11) is 0. The minimum Gasteiger partial charge on any atom is -0.346 e. The van der Waals surface area contributed by atoms with Crippen molar-refractivity contribution in [3.05, 3.63) is 35.9 Å². The van der Waals surface area contributed by atoms with Crippen LogP contribution < -0.4 is 5.73 Å². The van der Waals surface area contributed by atoms with Gasteiger partial charge in [-0.25, -0.2) is 0 Å². The predicted molar refractivity (Wildman–Crippen MR) is 73.8 cm³/mol. The second-order valence-electron chi connectivity index (χ2n) is 5.36. The van der Waals surface area contributed by atoms with Crippen molar-refractivity contribution >= 4 is 5.91 Å². The van der Waals surface area contributed by atoms with Gasteiger partial charge >= 0.3 is 0 Å². The van der Waals surface area contributed by atoms with E-state index in [-0.39, 0.29) is 5.91 Å². The first-order valence-corrected chi connectivity index (χ1v) is 7.07. The van der Waals surface area contributed by atoms with Crippen molar-refractivity contribution < 1.29 is 14.3 Å². The highest BCUT2D eigenvalue weighted by Crippen LogP contribution is 2.31. The molecule has 0 aromatic heterocycles. The number of hydrogen-bond acceptors (Lipinski definition) is 4. The minimum absolute atomic E-state index is 0.0608. The van der Waals surface area contributed by atoms with Crippen molar-refractivity contribution in [3.63, 3.8) is 0 Å². The quantitative estimate of drug-likeness (QED) is 0.877. The molecule has 1 spiro atoms. The first-order chi connectivity index (χ1) is 9.70. The molecule has 2 aliphatic rings. The van der Waals surface area contributed by atoms with Crippen LogP contribution in [0.5, 0.6) is 0 Å². The molecule has 2 heterocycles. The molecule has 2 saturated heterocycles. The number of rotatable bonds is 2. The third-order valence-electron chi connectivity index (χ3n) is 3.97. The Morgan fingerprint density at radius 3 is 2.65 bits per heavy atom. The molecule has 2 N–H and O–H groups in total. The number of likely N-dealkylation sites (tertiary alicyclic amines) is 1. The maximum atomic E-state index is 12.5. The largest absolute Gasteiger partial charge is 0.346 e. The summed E-state index contributed by atoms with van der Waals surface area (Å²) in [4.78, 5) is 14.3. The molecule has 1 aromatic carbocycles. The summed E-state index contributed by atoms with van der Waals surface area (Å²) in [6, 6.07) is 8.84. The summed E-state index contributed by atoms with van der Waals surface area (Å²) in [5.41, 5.74) is 6.92. The van der Waals surface area contributed by atoms with Gasteiger partial charge in [0.1, 0.15) is 6.04 Å². The average molecular weight is 276 g/mol. The smallest absolute Gasteiger partial charge is 0.244 e. The van der Waals surface area contributed by atoms with Crippen molar-refractivity contribution in [1.82, 2.24) is 4.90 Å². The zero-order valence-corrected chi connectivity index (χ0v) is 11.5. The van der Waals surface area contributed by atoms with Gasteiger partial charge in [0.25, 0.3) is 0 Å². The Labute approximate surface area is 118 Å². The van der Waals surface area contributed by atoms with E-state index in [1.807, 2.05) is 30.3 Å². The number of ether oxygens (including phenoxy) is 2. The van der Waals surface area contributed by atoms with Crippen molar-refractivity contribution in [2.24, 2.45) is 5.73 Å². The van der Waals surface area contributed by atoms with Crippen LogP contribution in [-0.4, -0.2) is 42.9 Å². The van der Waals surface area contributed by atoms with E-state index in [0.717, 1.165) is 18.4 Å². The van der Waals surface area contributed by atoms with Gasteiger partial charge in [-0.1, -0.05) is 30.3 Å². The third kappa shape index (κ3) is 2.57. The lowest BCUT2D eigenvalue weighted by atomic mass is 10.0. The Morgan fingerprint density at radius 1 is 1.25 bits per heavy atom. The summed E-state index contributed by atoms with van der Waals surface area (Å²) in [5, 5.41) is 0. The van der Waals surface area contributed by atoms with Gasteiger partial charge in [-0.05, 0) is 12.0 Å². The maximum absolute atomic E-state index is 12.5. The molecule has 3 rings (SSSR count). The predicted octanol–water partition coefficient (Wildman–Crippen LogP) is 1.05.